The molecule has 0 unspecified atom stereocenters. The molecule has 0 radical (unpaired) electrons. The first-order chi connectivity index (χ1) is 16.9. The summed E-state index contributed by atoms with van der Waals surface area (Å²) >= 11 is 1.33. The Balaban J connectivity index is 1.72. The molecule has 2 aromatic heterocycles. The molecule has 1 atom stereocenters. The van der Waals surface area contributed by atoms with Gasteiger partial charge in [0.1, 0.15) is 0 Å². The molecular weight excluding hydrogens is 458 g/mol. The smallest absolute Gasteiger partial charge is 0.338 e. The third kappa shape index (κ3) is 4.06. The molecule has 0 saturated heterocycles. The summed E-state index contributed by atoms with van der Waals surface area (Å²) in [4.78, 5) is 35.3. The Hall–Kier alpha value is -3.71. The van der Waals surface area contributed by atoms with Crippen LogP contribution in [-0.4, -0.2) is 22.1 Å². The Bertz CT molecular complexity index is 1640. The number of nitrogens with one attached hydrogen (secondary N) is 1. The zero-order valence-corrected chi connectivity index (χ0v) is 21.0. The van der Waals surface area contributed by atoms with Gasteiger partial charge in [0, 0.05) is 22.7 Å². The van der Waals surface area contributed by atoms with Gasteiger partial charge in [-0.3, -0.25) is 9.36 Å². The summed E-state index contributed by atoms with van der Waals surface area (Å²) in [7, 11) is 0. The van der Waals surface area contributed by atoms with Crippen molar-refractivity contribution >= 4 is 34.3 Å². The summed E-state index contributed by atoms with van der Waals surface area (Å²) in [5, 5.41) is 1.04. The first kappa shape index (κ1) is 23.1. The van der Waals surface area contributed by atoms with Crippen LogP contribution >= 0.6 is 11.3 Å². The van der Waals surface area contributed by atoms with E-state index < -0.39 is 12.0 Å². The van der Waals surface area contributed by atoms with E-state index in [1.54, 1.807) is 18.4 Å². The minimum Gasteiger partial charge on any atom is -0.463 e. The Morgan fingerprint density at radius 1 is 1.20 bits per heavy atom. The number of hydrogen-bond donors (Lipinski definition) is 1. The number of allylic oxidation sites excluding steroid dienone is 1. The van der Waals surface area contributed by atoms with Crippen LogP contribution in [0.4, 0.5) is 0 Å². The molecule has 5 rings (SSSR count). The summed E-state index contributed by atoms with van der Waals surface area (Å²) in [6.07, 6.45) is 3.80. The molecule has 4 aromatic rings. The minimum absolute atomic E-state index is 0.175. The van der Waals surface area contributed by atoms with E-state index in [9.17, 15) is 9.59 Å². The van der Waals surface area contributed by atoms with Crippen LogP contribution in [-0.2, 0) is 9.53 Å². The molecule has 7 heteroatoms. The topological polar surface area (TPSA) is 76.4 Å². The molecule has 0 amide bonds. The number of carbonyl (C=O) groups is 1. The number of para-hydroxylation sites is 1. The number of hydrogen-bond acceptors (Lipinski definition) is 5. The number of rotatable bonds is 5. The number of ether oxygens (including phenoxy) is 1. The van der Waals surface area contributed by atoms with Crippen molar-refractivity contribution in [1.29, 1.82) is 0 Å². The minimum atomic E-state index is -0.600. The number of H-pyrrole nitrogens is 1. The van der Waals surface area contributed by atoms with E-state index in [-0.39, 0.29) is 12.2 Å². The zero-order chi connectivity index (χ0) is 24.7. The van der Waals surface area contributed by atoms with Gasteiger partial charge in [0.15, 0.2) is 4.80 Å². The van der Waals surface area contributed by atoms with Gasteiger partial charge in [0.25, 0.3) is 5.56 Å². The number of aromatic amines is 1. The molecule has 1 aliphatic rings. The lowest BCUT2D eigenvalue weighted by molar-refractivity contribution is -0.139. The van der Waals surface area contributed by atoms with E-state index in [0.29, 0.717) is 26.5 Å². The number of fused-ring (bicyclic) bond motifs is 2. The molecule has 1 N–H and O–H groups in total. The van der Waals surface area contributed by atoms with Crippen LogP contribution in [0.3, 0.4) is 0 Å². The average molecular weight is 486 g/mol. The second-order valence-corrected chi connectivity index (χ2v) is 9.92. The maximum Gasteiger partial charge on any atom is 0.338 e. The third-order valence-corrected chi connectivity index (χ3v) is 7.33. The lowest BCUT2D eigenvalue weighted by atomic mass is 9.93. The molecule has 6 nitrogen and oxygen atoms in total. The third-order valence-electron chi connectivity index (χ3n) is 6.34. The lowest BCUT2D eigenvalue weighted by Crippen LogP contribution is -2.39. The average Bonchev–Trinajstić information content (AvgIpc) is 3.39. The molecule has 35 heavy (non-hydrogen) atoms. The van der Waals surface area contributed by atoms with Gasteiger partial charge in [-0.25, -0.2) is 9.79 Å². The van der Waals surface area contributed by atoms with Crippen molar-refractivity contribution in [2.24, 2.45) is 4.99 Å². The molecule has 178 valence electrons. The van der Waals surface area contributed by atoms with Gasteiger partial charge >= 0.3 is 5.97 Å². The number of carbonyl (C=O) groups excluding carboxylic acids is 1. The molecule has 0 saturated carbocycles. The van der Waals surface area contributed by atoms with Gasteiger partial charge in [-0.1, -0.05) is 67.6 Å². The highest BCUT2D eigenvalue weighted by atomic mass is 32.1. The number of aromatic nitrogens is 2. The van der Waals surface area contributed by atoms with Crippen molar-refractivity contribution < 1.29 is 9.53 Å². The van der Waals surface area contributed by atoms with E-state index in [0.717, 1.165) is 22.0 Å². The lowest BCUT2D eigenvalue weighted by Gasteiger charge is -2.25. The standard InChI is InChI=1S/C28H27N3O3S/c1-5-34-27(33)24-17(4)30-28-31(25(24)19-12-10-18(11-13-19)16(2)3)26(32)23(35-28)14-20-15-29-22-9-7-6-8-21(20)22/h6-16,25,29H,5H2,1-4H3/b23-14-/t25-/m1/s1. The first-order valence-electron chi connectivity index (χ1n) is 11.7. The van der Waals surface area contributed by atoms with E-state index in [1.807, 2.05) is 48.7 Å². The fraction of sp³-hybridized carbons (Fsp3) is 0.250. The van der Waals surface area contributed by atoms with Gasteiger partial charge < -0.3 is 9.72 Å². The van der Waals surface area contributed by atoms with Crippen LogP contribution in [0.2, 0.25) is 0 Å². The highest BCUT2D eigenvalue weighted by Crippen LogP contribution is 2.31. The predicted molar refractivity (Wildman–Crippen MR) is 139 cm³/mol. The molecular formula is C28H27N3O3S. The second-order valence-electron chi connectivity index (χ2n) is 8.91. The molecule has 0 bridgehead atoms. The Labute approximate surface area is 206 Å². The Morgan fingerprint density at radius 2 is 1.94 bits per heavy atom. The maximum atomic E-state index is 13.8. The van der Waals surface area contributed by atoms with E-state index in [4.69, 9.17) is 4.74 Å². The van der Waals surface area contributed by atoms with Crippen LogP contribution in [0.15, 0.2) is 75.8 Å². The fourth-order valence-electron chi connectivity index (χ4n) is 4.52. The molecule has 3 heterocycles. The van der Waals surface area contributed by atoms with Crippen molar-refractivity contribution in [1.82, 2.24) is 9.55 Å². The highest BCUT2D eigenvalue weighted by molar-refractivity contribution is 7.07. The van der Waals surface area contributed by atoms with Gasteiger partial charge in [0.2, 0.25) is 0 Å². The van der Waals surface area contributed by atoms with Crippen LogP contribution < -0.4 is 14.9 Å². The predicted octanol–water partition coefficient (Wildman–Crippen LogP) is 4.40. The quantitative estimate of drug-likeness (QED) is 0.426. The first-order valence-corrected chi connectivity index (χ1v) is 12.6. The fourth-order valence-corrected chi connectivity index (χ4v) is 5.56. The molecule has 0 spiro atoms. The SMILES string of the molecule is CCOC(=O)C1=C(C)N=c2s/c(=C\c3c[nH]c4ccccc34)c(=O)n2[C@@H]1c1ccc(C(C)C)cc1. The van der Waals surface area contributed by atoms with E-state index in [2.05, 4.69) is 36.0 Å². The van der Waals surface area contributed by atoms with Crippen LogP contribution in [0.1, 0.15) is 56.3 Å². The van der Waals surface area contributed by atoms with Crippen molar-refractivity contribution in [3.63, 3.8) is 0 Å². The van der Waals surface area contributed by atoms with Crippen molar-refractivity contribution in [2.75, 3.05) is 6.61 Å². The van der Waals surface area contributed by atoms with Crippen LogP contribution in [0, 0.1) is 0 Å². The maximum absolute atomic E-state index is 13.8. The highest BCUT2D eigenvalue weighted by Gasteiger charge is 2.33. The summed E-state index contributed by atoms with van der Waals surface area (Å²) in [5.74, 6) is -0.0680. The Morgan fingerprint density at radius 3 is 2.66 bits per heavy atom. The Kier molecular flexibility index (Phi) is 6.03. The van der Waals surface area contributed by atoms with Gasteiger partial charge in [-0.05, 0) is 43.0 Å². The number of thiazole rings is 1. The number of benzene rings is 2. The summed E-state index contributed by atoms with van der Waals surface area (Å²) in [5.41, 5.74) is 4.79. The van der Waals surface area contributed by atoms with Crippen molar-refractivity contribution in [3.05, 3.63) is 102 Å². The summed E-state index contributed by atoms with van der Waals surface area (Å²) in [6, 6.07) is 15.5. The van der Waals surface area contributed by atoms with E-state index in [1.165, 1.54) is 16.9 Å². The normalized spacial score (nSPS) is 16.0. The van der Waals surface area contributed by atoms with Crippen molar-refractivity contribution in [3.8, 4) is 0 Å². The number of nitrogens with zero attached hydrogens (tertiary/aromatic N) is 2. The van der Waals surface area contributed by atoms with Gasteiger partial charge in [-0.15, -0.1) is 0 Å². The van der Waals surface area contributed by atoms with Crippen LogP contribution in [0.25, 0.3) is 17.0 Å². The van der Waals surface area contributed by atoms with E-state index >= 15 is 0 Å². The van der Waals surface area contributed by atoms with Crippen LogP contribution in [0.5, 0.6) is 0 Å². The largest absolute Gasteiger partial charge is 0.463 e. The van der Waals surface area contributed by atoms with Crippen molar-refractivity contribution in [2.45, 2.75) is 39.7 Å². The molecule has 0 fully saturated rings. The molecule has 2 aromatic carbocycles. The van der Waals surface area contributed by atoms with Gasteiger partial charge in [0.05, 0.1) is 28.5 Å². The monoisotopic (exact) mass is 485 g/mol. The zero-order valence-electron chi connectivity index (χ0n) is 20.2. The second kappa shape index (κ2) is 9.15. The number of esters is 1. The molecule has 1 aliphatic heterocycles. The molecule has 0 aliphatic carbocycles. The summed E-state index contributed by atoms with van der Waals surface area (Å²) < 4.78 is 7.58. The van der Waals surface area contributed by atoms with Gasteiger partial charge in [-0.2, -0.15) is 0 Å². The summed E-state index contributed by atoms with van der Waals surface area (Å²) in [6.45, 7) is 8.10.